The van der Waals surface area contributed by atoms with Crippen molar-refractivity contribution >= 4 is 29.9 Å². The molecule has 0 heterocycles. The Morgan fingerprint density at radius 1 is 1.56 bits per heavy atom. The van der Waals surface area contributed by atoms with Gasteiger partial charge < -0.3 is 10.6 Å². The molecule has 0 aromatic heterocycles. The average molecular weight is 295 g/mol. The Morgan fingerprint density at radius 3 is 2.67 bits per heavy atom. The number of amides is 1. The number of benzene rings is 1. The summed E-state index contributed by atoms with van der Waals surface area (Å²) in [5, 5.41) is 0.324. The quantitative estimate of drug-likeness (QED) is 0.928. The maximum Gasteiger partial charge on any atom is 0.224 e. The molecular weight excluding hydrogens is 278 g/mol. The lowest BCUT2D eigenvalue weighted by molar-refractivity contribution is -0.130. The molecule has 1 atom stereocenters. The van der Waals surface area contributed by atoms with E-state index in [-0.39, 0.29) is 37.3 Å². The molecule has 0 aliphatic rings. The van der Waals surface area contributed by atoms with Crippen LogP contribution in [0.3, 0.4) is 0 Å². The zero-order valence-corrected chi connectivity index (χ0v) is 11.9. The van der Waals surface area contributed by atoms with Crippen LogP contribution in [-0.4, -0.2) is 23.9 Å². The van der Waals surface area contributed by atoms with Gasteiger partial charge in [0.1, 0.15) is 5.82 Å². The Hall–Kier alpha value is -0.840. The van der Waals surface area contributed by atoms with Crippen LogP contribution in [0.15, 0.2) is 18.2 Å². The standard InChI is InChI=1S/C12H16ClFN2O.ClH/c1-8(15)6-12(17)16(2)7-9-10(13)4-3-5-11(9)14;/h3-5,8H,6-7,15H2,1-2H3;1H. The lowest BCUT2D eigenvalue weighted by atomic mass is 10.2. The van der Waals surface area contributed by atoms with Crippen molar-refractivity contribution in [2.75, 3.05) is 7.05 Å². The van der Waals surface area contributed by atoms with Crippen LogP contribution < -0.4 is 5.73 Å². The summed E-state index contributed by atoms with van der Waals surface area (Å²) in [6.45, 7) is 1.90. The van der Waals surface area contributed by atoms with Crippen molar-refractivity contribution in [2.24, 2.45) is 5.73 Å². The van der Waals surface area contributed by atoms with E-state index in [4.69, 9.17) is 17.3 Å². The van der Waals surface area contributed by atoms with E-state index in [1.807, 2.05) is 0 Å². The van der Waals surface area contributed by atoms with Crippen LogP contribution in [-0.2, 0) is 11.3 Å². The summed E-state index contributed by atoms with van der Waals surface area (Å²) >= 11 is 5.88. The third-order valence-electron chi connectivity index (χ3n) is 2.38. The van der Waals surface area contributed by atoms with Crippen molar-refractivity contribution < 1.29 is 9.18 Å². The number of rotatable bonds is 4. The van der Waals surface area contributed by atoms with E-state index in [9.17, 15) is 9.18 Å². The fourth-order valence-corrected chi connectivity index (χ4v) is 1.66. The van der Waals surface area contributed by atoms with Gasteiger partial charge in [0.2, 0.25) is 5.91 Å². The first-order valence-electron chi connectivity index (χ1n) is 5.34. The van der Waals surface area contributed by atoms with E-state index in [1.165, 1.54) is 17.0 Å². The number of carbonyl (C=O) groups is 1. The summed E-state index contributed by atoms with van der Waals surface area (Å²) in [5.41, 5.74) is 5.87. The molecule has 0 fully saturated rings. The number of hydrogen-bond donors (Lipinski definition) is 1. The summed E-state index contributed by atoms with van der Waals surface area (Å²) in [5.74, 6) is -0.530. The van der Waals surface area contributed by atoms with Crippen LogP contribution in [0.2, 0.25) is 5.02 Å². The molecule has 3 nitrogen and oxygen atoms in total. The zero-order chi connectivity index (χ0) is 13.0. The Morgan fingerprint density at radius 2 is 2.17 bits per heavy atom. The summed E-state index contributed by atoms with van der Waals surface area (Å²) in [4.78, 5) is 13.1. The first kappa shape index (κ1) is 17.2. The monoisotopic (exact) mass is 294 g/mol. The number of nitrogens with two attached hydrogens (primary N) is 1. The average Bonchev–Trinajstić information content (AvgIpc) is 2.22. The Bertz CT molecular complexity index is 393. The molecule has 1 amide bonds. The zero-order valence-electron chi connectivity index (χ0n) is 10.3. The summed E-state index contributed by atoms with van der Waals surface area (Å²) in [6.07, 6.45) is 0.239. The lowest BCUT2D eigenvalue weighted by Crippen LogP contribution is -2.31. The second-order valence-corrected chi connectivity index (χ2v) is 4.54. The van der Waals surface area contributed by atoms with Gasteiger partial charge in [0.05, 0.1) is 0 Å². The Kier molecular flexibility index (Phi) is 7.21. The van der Waals surface area contributed by atoms with E-state index in [0.29, 0.717) is 10.6 Å². The van der Waals surface area contributed by atoms with Crippen LogP contribution in [0.5, 0.6) is 0 Å². The van der Waals surface area contributed by atoms with Gasteiger partial charge in [-0.3, -0.25) is 4.79 Å². The van der Waals surface area contributed by atoms with E-state index in [0.717, 1.165) is 0 Å². The minimum Gasteiger partial charge on any atom is -0.341 e. The highest BCUT2D eigenvalue weighted by atomic mass is 35.5. The van der Waals surface area contributed by atoms with E-state index < -0.39 is 5.82 Å². The molecule has 2 N–H and O–H groups in total. The minimum atomic E-state index is -0.405. The highest BCUT2D eigenvalue weighted by Crippen LogP contribution is 2.20. The molecule has 18 heavy (non-hydrogen) atoms. The molecule has 0 spiro atoms. The first-order chi connectivity index (χ1) is 7.91. The molecule has 0 bridgehead atoms. The van der Waals surface area contributed by atoms with Gasteiger partial charge in [-0.05, 0) is 19.1 Å². The van der Waals surface area contributed by atoms with Gasteiger partial charge in [0, 0.05) is 36.6 Å². The molecule has 0 saturated heterocycles. The number of nitrogens with zero attached hydrogens (tertiary/aromatic N) is 1. The largest absolute Gasteiger partial charge is 0.341 e. The van der Waals surface area contributed by atoms with Crippen molar-refractivity contribution in [3.63, 3.8) is 0 Å². The van der Waals surface area contributed by atoms with Crippen molar-refractivity contribution in [1.29, 1.82) is 0 Å². The molecule has 1 unspecified atom stereocenters. The molecule has 0 saturated carbocycles. The highest BCUT2D eigenvalue weighted by molar-refractivity contribution is 6.31. The van der Waals surface area contributed by atoms with Gasteiger partial charge in [-0.25, -0.2) is 4.39 Å². The van der Waals surface area contributed by atoms with E-state index in [2.05, 4.69) is 0 Å². The maximum atomic E-state index is 13.5. The second kappa shape index (κ2) is 7.56. The summed E-state index contributed by atoms with van der Waals surface area (Å²) < 4.78 is 13.5. The smallest absolute Gasteiger partial charge is 0.224 e. The normalized spacial score (nSPS) is 11.6. The van der Waals surface area contributed by atoms with Crippen molar-refractivity contribution in [3.05, 3.63) is 34.6 Å². The van der Waals surface area contributed by atoms with Crippen molar-refractivity contribution in [1.82, 2.24) is 4.90 Å². The Balaban J connectivity index is 0.00000289. The SMILES string of the molecule is CC(N)CC(=O)N(C)Cc1c(F)cccc1Cl.Cl. The molecule has 0 aliphatic carbocycles. The van der Waals surface area contributed by atoms with Gasteiger partial charge in [-0.2, -0.15) is 0 Å². The maximum absolute atomic E-state index is 13.5. The van der Waals surface area contributed by atoms with E-state index in [1.54, 1.807) is 20.0 Å². The fraction of sp³-hybridized carbons (Fsp3) is 0.417. The third-order valence-corrected chi connectivity index (χ3v) is 2.73. The fourth-order valence-electron chi connectivity index (χ4n) is 1.44. The number of halogens is 3. The molecule has 0 aliphatic heterocycles. The first-order valence-corrected chi connectivity index (χ1v) is 5.72. The number of carbonyl (C=O) groups excluding carboxylic acids is 1. The number of hydrogen-bond acceptors (Lipinski definition) is 2. The highest BCUT2D eigenvalue weighted by Gasteiger charge is 2.15. The molecule has 1 aromatic rings. The molecule has 1 aromatic carbocycles. The summed E-state index contributed by atoms with van der Waals surface area (Å²) in [7, 11) is 1.60. The topological polar surface area (TPSA) is 46.3 Å². The second-order valence-electron chi connectivity index (χ2n) is 4.13. The van der Waals surface area contributed by atoms with Crippen molar-refractivity contribution in [2.45, 2.75) is 25.9 Å². The molecule has 0 radical (unpaired) electrons. The van der Waals surface area contributed by atoms with Gasteiger partial charge in [0.25, 0.3) is 0 Å². The van der Waals surface area contributed by atoms with Crippen LogP contribution in [0, 0.1) is 5.82 Å². The van der Waals surface area contributed by atoms with Gasteiger partial charge >= 0.3 is 0 Å². The molecule has 6 heteroatoms. The summed E-state index contributed by atoms with van der Waals surface area (Å²) in [6, 6.07) is 4.25. The lowest BCUT2D eigenvalue weighted by Gasteiger charge is -2.19. The minimum absolute atomic E-state index is 0. The third kappa shape index (κ3) is 4.80. The van der Waals surface area contributed by atoms with Gasteiger partial charge in [-0.1, -0.05) is 17.7 Å². The predicted molar refractivity (Wildman–Crippen MR) is 73.4 cm³/mol. The van der Waals surface area contributed by atoms with E-state index >= 15 is 0 Å². The Labute approximate surface area is 118 Å². The van der Waals surface area contributed by atoms with Gasteiger partial charge in [-0.15, -0.1) is 12.4 Å². The van der Waals surface area contributed by atoms with Gasteiger partial charge in [0.15, 0.2) is 0 Å². The van der Waals surface area contributed by atoms with Crippen LogP contribution in [0.25, 0.3) is 0 Å². The molecule has 1 rings (SSSR count). The van der Waals surface area contributed by atoms with Crippen LogP contribution >= 0.6 is 24.0 Å². The van der Waals surface area contributed by atoms with Crippen LogP contribution in [0.4, 0.5) is 4.39 Å². The van der Waals surface area contributed by atoms with Crippen molar-refractivity contribution in [3.8, 4) is 0 Å². The van der Waals surface area contributed by atoms with Crippen LogP contribution in [0.1, 0.15) is 18.9 Å². The molecular formula is C12H17Cl2FN2O. The predicted octanol–water partition coefficient (Wildman–Crippen LogP) is 2.60. The molecule has 102 valence electrons.